The second-order valence-corrected chi connectivity index (χ2v) is 4.87. The zero-order chi connectivity index (χ0) is 14.5. The molecule has 1 heterocycles. The number of benzene rings is 1. The quantitative estimate of drug-likeness (QED) is 0.793. The Morgan fingerprint density at radius 1 is 0.850 bits per heavy atom. The molecule has 1 aromatic carbocycles. The van der Waals surface area contributed by atoms with Crippen LogP contribution in [-0.2, 0) is 0 Å². The molecular weight excluding hydrogens is 246 g/mol. The van der Waals surface area contributed by atoms with Gasteiger partial charge in [0.15, 0.2) is 0 Å². The second-order valence-electron chi connectivity index (χ2n) is 4.87. The van der Waals surface area contributed by atoms with Gasteiger partial charge in [0, 0.05) is 31.6 Å². The molecule has 3 nitrogen and oxygen atoms in total. The molecule has 0 saturated heterocycles. The summed E-state index contributed by atoms with van der Waals surface area (Å²) in [5.41, 5.74) is 0. The van der Waals surface area contributed by atoms with Crippen molar-refractivity contribution in [2.45, 2.75) is 27.7 Å². The van der Waals surface area contributed by atoms with Gasteiger partial charge in [0.1, 0.15) is 11.6 Å². The van der Waals surface area contributed by atoms with Crippen molar-refractivity contribution in [3.8, 4) is 0 Å². The first-order valence-corrected chi connectivity index (χ1v) is 7.64. The number of rotatable bonds is 6. The molecule has 0 aliphatic heterocycles. The van der Waals surface area contributed by atoms with Crippen LogP contribution in [0.15, 0.2) is 30.3 Å². The van der Waals surface area contributed by atoms with Gasteiger partial charge in [0.2, 0.25) is 0 Å². The Bertz CT molecular complexity index is 557. The maximum absolute atomic E-state index is 4.94. The largest absolute Gasteiger partial charge is 0.357 e. The van der Waals surface area contributed by atoms with Crippen molar-refractivity contribution in [3.05, 3.63) is 30.3 Å². The minimum absolute atomic E-state index is 0.981. The first-order chi connectivity index (χ1) is 9.74. The maximum atomic E-state index is 4.94. The maximum Gasteiger partial charge on any atom is 0.138 e. The van der Waals surface area contributed by atoms with Crippen molar-refractivity contribution in [1.82, 2.24) is 4.98 Å². The normalized spacial score (nSPS) is 10.8. The molecule has 0 amide bonds. The van der Waals surface area contributed by atoms with E-state index < -0.39 is 0 Å². The third-order valence-corrected chi connectivity index (χ3v) is 3.86. The topological polar surface area (TPSA) is 19.4 Å². The van der Waals surface area contributed by atoms with Gasteiger partial charge in [-0.15, -0.1) is 0 Å². The average Bonchev–Trinajstić information content (AvgIpc) is 2.49. The van der Waals surface area contributed by atoms with E-state index in [4.69, 9.17) is 4.98 Å². The van der Waals surface area contributed by atoms with E-state index >= 15 is 0 Å². The lowest BCUT2D eigenvalue weighted by atomic mass is 10.1. The van der Waals surface area contributed by atoms with E-state index in [9.17, 15) is 0 Å². The van der Waals surface area contributed by atoms with Gasteiger partial charge in [-0.3, -0.25) is 0 Å². The predicted molar refractivity (Wildman–Crippen MR) is 88.9 cm³/mol. The molecule has 0 saturated carbocycles. The molecule has 0 fully saturated rings. The highest BCUT2D eigenvalue weighted by molar-refractivity contribution is 5.94. The molecule has 2 aromatic rings. The molecule has 0 atom stereocenters. The summed E-state index contributed by atoms with van der Waals surface area (Å²) in [6.07, 6.45) is 0. The summed E-state index contributed by atoms with van der Waals surface area (Å²) in [6.45, 7) is 12.7. The minimum atomic E-state index is 0.981. The van der Waals surface area contributed by atoms with Crippen LogP contribution in [0.2, 0.25) is 0 Å². The predicted octanol–water partition coefficient (Wildman–Crippen LogP) is 3.93. The Kier molecular flexibility index (Phi) is 4.83. The van der Waals surface area contributed by atoms with Gasteiger partial charge in [0.05, 0.1) is 0 Å². The molecule has 108 valence electrons. The van der Waals surface area contributed by atoms with Crippen molar-refractivity contribution in [3.63, 3.8) is 0 Å². The molecule has 0 unspecified atom stereocenters. The number of hydrogen-bond donors (Lipinski definition) is 0. The van der Waals surface area contributed by atoms with Gasteiger partial charge in [-0.25, -0.2) is 4.98 Å². The summed E-state index contributed by atoms with van der Waals surface area (Å²) >= 11 is 0. The molecule has 0 aliphatic rings. The SMILES string of the molecule is CCN(CC)c1cc2ccccc2c(N(CC)CC)n1. The monoisotopic (exact) mass is 271 g/mol. The van der Waals surface area contributed by atoms with E-state index in [0.717, 1.165) is 37.8 Å². The Morgan fingerprint density at radius 3 is 2.05 bits per heavy atom. The van der Waals surface area contributed by atoms with Gasteiger partial charge < -0.3 is 9.80 Å². The van der Waals surface area contributed by atoms with Crippen molar-refractivity contribution in [1.29, 1.82) is 0 Å². The van der Waals surface area contributed by atoms with Gasteiger partial charge in [0.25, 0.3) is 0 Å². The summed E-state index contributed by atoms with van der Waals surface area (Å²) < 4.78 is 0. The van der Waals surface area contributed by atoms with Crippen LogP contribution in [0.5, 0.6) is 0 Å². The molecule has 3 heteroatoms. The fourth-order valence-corrected chi connectivity index (χ4v) is 2.64. The summed E-state index contributed by atoms with van der Waals surface area (Å²) in [4.78, 5) is 9.57. The number of nitrogens with zero attached hydrogens (tertiary/aromatic N) is 3. The van der Waals surface area contributed by atoms with Gasteiger partial charge in [-0.05, 0) is 39.1 Å². The number of hydrogen-bond acceptors (Lipinski definition) is 3. The van der Waals surface area contributed by atoms with Crippen molar-refractivity contribution in [2.24, 2.45) is 0 Å². The molecule has 20 heavy (non-hydrogen) atoms. The van der Waals surface area contributed by atoms with E-state index in [2.05, 4.69) is 67.8 Å². The number of fused-ring (bicyclic) bond motifs is 1. The summed E-state index contributed by atoms with van der Waals surface area (Å²) in [5, 5.41) is 2.51. The second kappa shape index (κ2) is 6.60. The highest BCUT2D eigenvalue weighted by Crippen LogP contribution is 2.29. The zero-order valence-electron chi connectivity index (χ0n) is 13.1. The zero-order valence-corrected chi connectivity index (χ0v) is 13.1. The first-order valence-electron chi connectivity index (χ1n) is 7.64. The lowest BCUT2D eigenvalue weighted by molar-refractivity contribution is 0.823. The highest BCUT2D eigenvalue weighted by Gasteiger charge is 2.13. The molecule has 0 aliphatic carbocycles. The molecule has 0 bridgehead atoms. The van der Waals surface area contributed by atoms with Gasteiger partial charge >= 0.3 is 0 Å². The van der Waals surface area contributed by atoms with Gasteiger partial charge in [-0.1, -0.05) is 24.3 Å². The third-order valence-electron chi connectivity index (χ3n) is 3.86. The average molecular weight is 271 g/mol. The Balaban J connectivity index is 2.63. The number of anilines is 2. The standard InChI is InChI=1S/C17H25N3/c1-5-19(6-2)16-13-14-11-9-10-12-15(14)17(18-16)20(7-3)8-4/h9-13H,5-8H2,1-4H3. The van der Waals surface area contributed by atoms with E-state index in [1.165, 1.54) is 10.8 Å². The van der Waals surface area contributed by atoms with Crippen LogP contribution in [-0.4, -0.2) is 31.2 Å². The summed E-state index contributed by atoms with van der Waals surface area (Å²) in [5.74, 6) is 2.19. The van der Waals surface area contributed by atoms with Crippen molar-refractivity contribution in [2.75, 3.05) is 36.0 Å². The Morgan fingerprint density at radius 2 is 1.45 bits per heavy atom. The smallest absolute Gasteiger partial charge is 0.138 e. The minimum Gasteiger partial charge on any atom is -0.357 e. The lowest BCUT2D eigenvalue weighted by Gasteiger charge is -2.26. The van der Waals surface area contributed by atoms with Crippen LogP contribution < -0.4 is 9.80 Å². The summed E-state index contributed by atoms with van der Waals surface area (Å²) in [6, 6.07) is 10.7. The third kappa shape index (κ3) is 2.72. The molecule has 0 spiro atoms. The van der Waals surface area contributed by atoms with E-state index in [1.807, 2.05) is 0 Å². The fourth-order valence-electron chi connectivity index (χ4n) is 2.64. The molecule has 0 N–H and O–H groups in total. The van der Waals surface area contributed by atoms with Crippen LogP contribution >= 0.6 is 0 Å². The van der Waals surface area contributed by atoms with Crippen LogP contribution in [0.25, 0.3) is 10.8 Å². The number of pyridine rings is 1. The van der Waals surface area contributed by atoms with E-state index in [0.29, 0.717) is 0 Å². The highest BCUT2D eigenvalue weighted by atomic mass is 15.2. The summed E-state index contributed by atoms with van der Waals surface area (Å²) in [7, 11) is 0. The van der Waals surface area contributed by atoms with Crippen molar-refractivity contribution < 1.29 is 0 Å². The molecule has 2 rings (SSSR count). The van der Waals surface area contributed by atoms with Crippen molar-refractivity contribution >= 4 is 22.4 Å². The van der Waals surface area contributed by atoms with Gasteiger partial charge in [-0.2, -0.15) is 0 Å². The fraction of sp³-hybridized carbons (Fsp3) is 0.471. The Hall–Kier alpha value is -1.77. The van der Waals surface area contributed by atoms with E-state index in [1.54, 1.807) is 0 Å². The first kappa shape index (κ1) is 14.6. The lowest BCUT2D eigenvalue weighted by Crippen LogP contribution is -2.26. The van der Waals surface area contributed by atoms with Crippen LogP contribution in [0.4, 0.5) is 11.6 Å². The number of aromatic nitrogens is 1. The van der Waals surface area contributed by atoms with Crippen LogP contribution in [0.1, 0.15) is 27.7 Å². The molecule has 0 radical (unpaired) electrons. The molecule has 1 aromatic heterocycles. The van der Waals surface area contributed by atoms with Crippen LogP contribution in [0, 0.1) is 0 Å². The van der Waals surface area contributed by atoms with Crippen LogP contribution in [0.3, 0.4) is 0 Å². The Labute approximate surface area is 122 Å². The van der Waals surface area contributed by atoms with E-state index in [-0.39, 0.29) is 0 Å². The molecular formula is C17H25N3.